The molecule has 11 nitrogen and oxygen atoms in total. The molecule has 2 aromatic heterocycles. The maximum atomic E-state index is 12.8. The summed E-state index contributed by atoms with van der Waals surface area (Å²) in [5.41, 5.74) is 2.18. The molecule has 1 saturated heterocycles. The van der Waals surface area contributed by atoms with Crippen LogP contribution in [0.4, 0.5) is 11.5 Å². The molecule has 168 valence electrons. The van der Waals surface area contributed by atoms with Crippen LogP contribution >= 0.6 is 0 Å². The maximum absolute atomic E-state index is 12.8. The Kier molecular flexibility index (Phi) is 5.23. The second-order valence-electron chi connectivity index (χ2n) is 7.54. The number of nitro groups is 1. The van der Waals surface area contributed by atoms with Crippen LogP contribution in [-0.2, 0) is 4.74 Å². The van der Waals surface area contributed by atoms with E-state index in [1.54, 1.807) is 24.4 Å². The van der Waals surface area contributed by atoms with Gasteiger partial charge >= 0.3 is 5.69 Å². The third kappa shape index (κ3) is 3.89. The number of anilines is 1. The molecule has 3 heterocycles. The number of aromatic nitrogens is 4. The van der Waals surface area contributed by atoms with E-state index in [0.29, 0.717) is 35.5 Å². The molecular formula is C22H20N6O5. The number of nitrogens with one attached hydrogen (secondary N) is 1. The Hall–Kier alpha value is -4.25. The molecule has 1 N–H and O–H groups in total. The predicted molar refractivity (Wildman–Crippen MR) is 121 cm³/mol. The minimum Gasteiger partial charge on any atom is -0.490 e. The van der Waals surface area contributed by atoms with Crippen LogP contribution in [0.25, 0.3) is 27.8 Å². The molecule has 0 spiro atoms. The van der Waals surface area contributed by atoms with Gasteiger partial charge in [0.2, 0.25) is 0 Å². The lowest BCUT2D eigenvalue weighted by Crippen LogP contribution is -2.37. The van der Waals surface area contributed by atoms with Crippen LogP contribution in [0.1, 0.15) is 0 Å². The van der Waals surface area contributed by atoms with Gasteiger partial charge in [0.05, 0.1) is 42.6 Å². The van der Waals surface area contributed by atoms with Gasteiger partial charge in [-0.3, -0.25) is 14.9 Å². The molecule has 2 aromatic carbocycles. The summed E-state index contributed by atoms with van der Waals surface area (Å²) in [4.78, 5) is 29.0. The monoisotopic (exact) mass is 448 g/mol. The minimum absolute atomic E-state index is 0.0923. The largest absolute Gasteiger partial charge is 0.490 e. The third-order valence-corrected chi connectivity index (χ3v) is 5.58. The molecular weight excluding hydrogens is 428 g/mol. The van der Waals surface area contributed by atoms with Gasteiger partial charge in [-0.1, -0.05) is 11.3 Å². The second kappa shape index (κ2) is 8.36. The highest BCUT2D eigenvalue weighted by molar-refractivity contribution is 5.85. The normalized spacial score (nSPS) is 13.9. The fourth-order valence-corrected chi connectivity index (χ4v) is 3.85. The molecule has 1 fully saturated rings. The summed E-state index contributed by atoms with van der Waals surface area (Å²) < 4.78 is 11.9. The zero-order valence-electron chi connectivity index (χ0n) is 17.7. The van der Waals surface area contributed by atoms with E-state index in [2.05, 4.69) is 20.2 Å². The fourth-order valence-electron chi connectivity index (χ4n) is 3.85. The fraction of sp³-hybridized carbons (Fsp3) is 0.227. The van der Waals surface area contributed by atoms with E-state index < -0.39 is 4.92 Å². The zero-order chi connectivity index (χ0) is 22.9. The SMILES string of the molecule is COc1ccc(-n2cc(-c3ccc4[nH]c(N5CCOCC5)cc(=O)c4c3)nn2)cc1[N+](=O)[O-]. The lowest BCUT2D eigenvalue weighted by molar-refractivity contribution is -0.385. The van der Waals surface area contributed by atoms with E-state index in [1.165, 1.54) is 23.9 Å². The van der Waals surface area contributed by atoms with Crippen molar-refractivity contribution in [2.24, 2.45) is 0 Å². The van der Waals surface area contributed by atoms with Crippen molar-refractivity contribution in [2.45, 2.75) is 0 Å². The van der Waals surface area contributed by atoms with Crippen LogP contribution in [0, 0.1) is 10.1 Å². The van der Waals surface area contributed by atoms with Crippen molar-refractivity contribution in [3.63, 3.8) is 0 Å². The summed E-state index contributed by atoms with van der Waals surface area (Å²) in [6, 6.07) is 11.6. The van der Waals surface area contributed by atoms with Gasteiger partial charge in [0, 0.05) is 36.2 Å². The molecule has 0 aliphatic carbocycles. The van der Waals surface area contributed by atoms with Crippen molar-refractivity contribution in [1.29, 1.82) is 0 Å². The number of fused-ring (bicyclic) bond motifs is 1. The Bertz CT molecular complexity index is 1410. The summed E-state index contributed by atoms with van der Waals surface area (Å²) in [7, 11) is 1.38. The first-order valence-electron chi connectivity index (χ1n) is 10.3. The van der Waals surface area contributed by atoms with E-state index in [0.717, 1.165) is 24.4 Å². The quantitative estimate of drug-likeness (QED) is 0.364. The van der Waals surface area contributed by atoms with Crippen LogP contribution in [-0.4, -0.2) is 58.3 Å². The lowest BCUT2D eigenvalue weighted by Gasteiger charge is -2.28. The smallest absolute Gasteiger partial charge is 0.313 e. The van der Waals surface area contributed by atoms with E-state index in [1.807, 2.05) is 12.1 Å². The van der Waals surface area contributed by atoms with Crippen molar-refractivity contribution >= 4 is 22.4 Å². The van der Waals surface area contributed by atoms with Crippen molar-refractivity contribution in [3.05, 3.63) is 69.0 Å². The van der Waals surface area contributed by atoms with E-state index >= 15 is 0 Å². The second-order valence-corrected chi connectivity index (χ2v) is 7.54. The number of pyridine rings is 1. The van der Waals surface area contributed by atoms with Crippen LogP contribution < -0.4 is 15.1 Å². The van der Waals surface area contributed by atoms with Gasteiger partial charge < -0.3 is 19.4 Å². The predicted octanol–water partition coefficient (Wildman–Crippen LogP) is 2.53. The van der Waals surface area contributed by atoms with Gasteiger partial charge in [-0.25, -0.2) is 4.68 Å². The van der Waals surface area contributed by atoms with Crippen LogP contribution in [0.3, 0.4) is 0 Å². The molecule has 0 unspecified atom stereocenters. The number of morpholine rings is 1. The number of nitrogens with zero attached hydrogens (tertiary/aromatic N) is 5. The number of ether oxygens (including phenoxy) is 2. The molecule has 0 amide bonds. The lowest BCUT2D eigenvalue weighted by atomic mass is 10.1. The van der Waals surface area contributed by atoms with E-state index in [-0.39, 0.29) is 16.9 Å². The van der Waals surface area contributed by atoms with E-state index in [9.17, 15) is 14.9 Å². The van der Waals surface area contributed by atoms with E-state index in [4.69, 9.17) is 9.47 Å². The minimum atomic E-state index is -0.513. The highest BCUT2D eigenvalue weighted by Crippen LogP contribution is 2.29. The molecule has 1 aliphatic rings. The molecule has 5 rings (SSSR count). The summed E-state index contributed by atoms with van der Waals surface area (Å²) in [5, 5.41) is 20.1. The summed E-state index contributed by atoms with van der Waals surface area (Å²) in [6.07, 6.45) is 1.66. The summed E-state index contributed by atoms with van der Waals surface area (Å²) in [5.74, 6) is 0.935. The Morgan fingerprint density at radius 3 is 2.73 bits per heavy atom. The molecule has 0 saturated carbocycles. The molecule has 33 heavy (non-hydrogen) atoms. The molecule has 1 aliphatic heterocycles. The number of nitro benzene ring substituents is 1. The number of aromatic amines is 1. The van der Waals surface area contributed by atoms with Gasteiger partial charge in [0.1, 0.15) is 11.5 Å². The first-order valence-corrected chi connectivity index (χ1v) is 10.3. The molecule has 0 bridgehead atoms. The molecule has 0 atom stereocenters. The Morgan fingerprint density at radius 2 is 1.97 bits per heavy atom. The Balaban J connectivity index is 1.48. The summed E-state index contributed by atoms with van der Waals surface area (Å²) >= 11 is 0. The van der Waals surface area contributed by atoms with Gasteiger partial charge in [-0.05, 0) is 24.3 Å². The van der Waals surface area contributed by atoms with Crippen molar-refractivity contribution in [2.75, 3.05) is 38.3 Å². The number of rotatable bonds is 5. The first kappa shape index (κ1) is 20.6. The number of H-pyrrole nitrogens is 1. The highest BCUT2D eigenvalue weighted by atomic mass is 16.6. The number of hydrogen-bond donors (Lipinski definition) is 1. The standard InChI is InChI=1S/C22H20N6O5/c1-32-21-5-3-15(11-19(21)28(30)31)27-13-18(24-25-27)14-2-4-17-16(10-14)20(29)12-22(23-17)26-6-8-33-9-7-26/h2-5,10-13H,6-9H2,1H3,(H,23,29). The molecule has 11 heteroatoms. The Morgan fingerprint density at radius 1 is 1.15 bits per heavy atom. The van der Waals surface area contributed by atoms with Crippen LogP contribution in [0.15, 0.2) is 53.5 Å². The van der Waals surface area contributed by atoms with Crippen LogP contribution in [0.2, 0.25) is 0 Å². The van der Waals surface area contributed by atoms with Gasteiger partial charge in [-0.2, -0.15) is 0 Å². The Labute approximate surface area is 187 Å². The van der Waals surface area contributed by atoms with Crippen molar-refractivity contribution in [1.82, 2.24) is 20.0 Å². The molecule has 4 aromatic rings. The van der Waals surface area contributed by atoms with Gasteiger partial charge in [0.25, 0.3) is 0 Å². The highest BCUT2D eigenvalue weighted by Gasteiger charge is 2.18. The zero-order valence-corrected chi connectivity index (χ0v) is 17.7. The summed E-state index contributed by atoms with van der Waals surface area (Å²) in [6.45, 7) is 2.72. The average Bonchev–Trinajstić information content (AvgIpc) is 3.34. The average molecular weight is 448 g/mol. The maximum Gasteiger partial charge on any atom is 0.313 e. The molecule has 0 radical (unpaired) electrons. The van der Waals surface area contributed by atoms with Gasteiger partial charge in [0.15, 0.2) is 11.2 Å². The number of methoxy groups -OCH3 is 1. The first-order chi connectivity index (χ1) is 16.0. The van der Waals surface area contributed by atoms with Crippen molar-refractivity contribution < 1.29 is 14.4 Å². The third-order valence-electron chi connectivity index (χ3n) is 5.58. The van der Waals surface area contributed by atoms with Gasteiger partial charge in [-0.15, -0.1) is 5.10 Å². The van der Waals surface area contributed by atoms with Crippen molar-refractivity contribution in [3.8, 4) is 22.7 Å². The van der Waals surface area contributed by atoms with Crippen LogP contribution in [0.5, 0.6) is 5.75 Å². The number of hydrogen-bond acceptors (Lipinski definition) is 8. The topological polar surface area (TPSA) is 128 Å². The number of benzene rings is 2.